The van der Waals surface area contributed by atoms with Gasteiger partial charge in [-0.1, -0.05) is 78.9 Å². The lowest BCUT2D eigenvalue weighted by molar-refractivity contribution is -0.137. The lowest BCUT2D eigenvalue weighted by Crippen LogP contribution is -2.07. The van der Waals surface area contributed by atoms with Crippen molar-refractivity contribution in [3.05, 3.63) is 237 Å². The zero-order valence-corrected chi connectivity index (χ0v) is 44.3. The van der Waals surface area contributed by atoms with E-state index in [-0.39, 0.29) is 61.2 Å². The van der Waals surface area contributed by atoms with Gasteiger partial charge in [-0.2, -0.15) is 60.5 Å². The first-order valence-electron chi connectivity index (χ1n) is 26.0. The van der Waals surface area contributed by atoms with Crippen molar-refractivity contribution in [1.82, 2.24) is 9.13 Å². The monoisotopic (exact) mass is 1100 g/mol. The van der Waals surface area contributed by atoms with Crippen molar-refractivity contribution in [2.45, 2.75) is 13.1 Å². The largest absolute Gasteiger partial charge is 0.416 e. The van der Waals surface area contributed by atoms with Gasteiger partial charge in [0.1, 0.15) is 0 Å². The van der Waals surface area contributed by atoms with Gasteiger partial charge in [0.2, 0.25) is 0 Å². The maximum absolute atomic E-state index is 14.4. The van der Waals surface area contributed by atoms with Crippen molar-refractivity contribution in [1.29, 1.82) is 47.4 Å². The summed E-state index contributed by atoms with van der Waals surface area (Å²) in [6.07, 6.45) is -4.68. The Morgan fingerprint density at radius 2 is 0.588 bits per heavy atom. The first-order valence-corrected chi connectivity index (χ1v) is 26.0. The SMILES string of the molecule is Cc1cc(C(F)(F)F)ccc1-c1cc(-n2c3cc(-c4ccc(C#N)cc4C#N)ccc3c3ccc(-c4ccc(C#N)cc4C#N)cc32)c(-n2c3cc(-c4ccc(C#N)cc4C#N)ccc3c3ccc(-c4ccc(C#N)cc4C#N)cc32)cc1C#N. The van der Waals surface area contributed by atoms with Gasteiger partial charge in [-0.25, -0.2) is 0 Å². The summed E-state index contributed by atoms with van der Waals surface area (Å²) in [6.45, 7) is 1.54. The Balaban J connectivity index is 1.28. The van der Waals surface area contributed by atoms with Crippen LogP contribution in [0.1, 0.15) is 61.2 Å². The van der Waals surface area contributed by atoms with Gasteiger partial charge in [0.25, 0.3) is 0 Å². The Labute approximate surface area is 482 Å². The molecule has 0 aliphatic carbocycles. The molecule has 0 amide bonds. The molecule has 0 fully saturated rings. The molecule has 0 spiro atoms. The molecule has 0 N–H and O–H groups in total. The van der Waals surface area contributed by atoms with Gasteiger partial charge in [-0.15, -0.1) is 0 Å². The van der Waals surface area contributed by atoms with Gasteiger partial charge in [0.15, 0.2) is 0 Å². The number of halogens is 3. The minimum Gasteiger partial charge on any atom is -0.307 e. The lowest BCUT2D eigenvalue weighted by atomic mass is 9.93. The molecule has 392 valence electrons. The van der Waals surface area contributed by atoms with Crippen molar-refractivity contribution >= 4 is 43.6 Å². The fourth-order valence-corrected chi connectivity index (χ4v) is 11.5. The average Bonchev–Trinajstić information content (AvgIpc) is 1.77. The average molecular weight is 1100 g/mol. The van der Waals surface area contributed by atoms with E-state index in [2.05, 4.69) is 54.6 Å². The van der Waals surface area contributed by atoms with Crippen molar-refractivity contribution < 1.29 is 13.2 Å². The summed E-state index contributed by atoms with van der Waals surface area (Å²) in [7, 11) is 0. The van der Waals surface area contributed by atoms with Crippen LogP contribution < -0.4 is 0 Å². The van der Waals surface area contributed by atoms with Crippen LogP contribution >= 0.6 is 0 Å². The number of nitriles is 9. The predicted octanol–water partition coefficient (Wildman–Crippen LogP) is 16.4. The predicted molar refractivity (Wildman–Crippen MR) is 314 cm³/mol. The number of benzene rings is 10. The zero-order chi connectivity index (χ0) is 59.4. The number of aryl methyl sites for hydroxylation is 1. The lowest BCUT2D eigenvalue weighted by Gasteiger charge is -2.21. The number of nitrogens with zero attached hydrogens (tertiary/aromatic N) is 11. The molecule has 12 rings (SSSR count). The molecule has 0 aliphatic rings. The second-order valence-electron chi connectivity index (χ2n) is 20.1. The van der Waals surface area contributed by atoms with Crippen LogP contribution in [0.25, 0.3) is 111 Å². The van der Waals surface area contributed by atoms with Crippen LogP contribution in [-0.2, 0) is 6.18 Å². The third-order valence-corrected chi connectivity index (χ3v) is 15.4. The van der Waals surface area contributed by atoms with Crippen LogP contribution in [-0.4, -0.2) is 9.13 Å². The Bertz CT molecular complexity index is 5120. The number of rotatable bonds is 7. The quantitative estimate of drug-likeness (QED) is 0.148. The molecule has 10 aromatic carbocycles. The summed E-state index contributed by atoms with van der Waals surface area (Å²) in [6, 6.07) is 68.4. The van der Waals surface area contributed by atoms with E-state index < -0.39 is 11.7 Å². The maximum atomic E-state index is 14.4. The Morgan fingerprint density at radius 3 is 0.871 bits per heavy atom. The normalized spacial score (nSPS) is 11.0. The molecule has 85 heavy (non-hydrogen) atoms. The molecule has 11 nitrogen and oxygen atoms in total. The minimum absolute atomic E-state index is 0.0799. The van der Waals surface area contributed by atoms with Crippen LogP contribution in [0.2, 0.25) is 0 Å². The first kappa shape index (κ1) is 52.7. The molecular weight excluding hydrogens is 1060 g/mol. The standard InChI is InChI=1S/C71H32F3N11/c1-40-20-54(71(72,73)74)10-19-55(40)64-30-70(85-67-27-47(58-13-4-43(33-77)23-51(58)37-81)8-17-62(67)63-18-9-48(28-68(63)85)59-14-5-44(34-78)24-52(59)38-82)69(29-53(64)39-83)84-65-25-45(56-11-2-41(31-75)21-49(56)35-79)6-15-60(65)61-16-7-46(26-66(61)84)57-12-3-42(32-76)22-50(57)36-80/h2-30H,1H3. The number of hydrogen-bond acceptors (Lipinski definition) is 9. The smallest absolute Gasteiger partial charge is 0.307 e. The van der Waals surface area contributed by atoms with E-state index in [4.69, 9.17) is 0 Å². The minimum atomic E-state index is -4.68. The Morgan fingerprint density at radius 1 is 0.294 bits per heavy atom. The van der Waals surface area contributed by atoms with Gasteiger partial charge in [-0.05, 0) is 160 Å². The van der Waals surface area contributed by atoms with E-state index in [0.29, 0.717) is 105 Å². The van der Waals surface area contributed by atoms with Crippen molar-refractivity contribution in [3.8, 4) is 122 Å². The number of alkyl halides is 3. The van der Waals surface area contributed by atoms with E-state index in [1.807, 2.05) is 81.9 Å². The Kier molecular flexibility index (Phi) is 12.8. The van der Waals surface area contributed by atoms with E-state index in [1.165, 1.54) is 30.3 Å². The van der Waals surface area contributed by atoms with Gasteiger partial charge in [0.05, 0.1) is 144 Å². The number of aromatic nitrogens is 2. The molecular formula is C71H32F3N11. The molecule has 0 saturated heterocycles. The summed E-state index contributed by atoms with van der Waals surface area (Å²) in [4.78, 5) is 0. The molecule has 2 aromatic heterocycles. The van der Waals surface area contributed by atoms with Crippen LogP contribution in [0.15, 0.2) is 176 Å². The summed E-state index contributed by atoms with van der Waals surface area (Å²) in [5.41, 5.74) is 9.52. The third-order valence-electron chi connectivity index (χ3n) is 15.4. The number of fused-ring (bicyclic) bond motifs is 6. The van der Waals surface area contributed by atoms with E-state index in [0.717, 1.165) is 12.1 Å². The van der Waals surface area contributed by atoms with Gasteiger partial charge < -0.3 is 9.13 Å². The zero-order valence-electron chi connectivity index (χ0n) is 44.3. The molecule has 0 aliphatic heterocycles. The van der Waals surface area contributed by atoms with Gasteiger partial charge >= 0.3 is 6.18 Å². The van der Waals surface area contributed by atoms with Crippen LogP contribution in [0.4, 0.5) is 13.2 Å². The Hall–Kier alpha value is -13.0. The van der Waals surface area contributed by atoms with Crippen LogP contribution in [0, 0.1) is 109 Å². The molecule has 0 radical (unpaired) electrons. The van der Waals surface area contributed by atoms with Gasteiger partial charge in [0, 0.05) is 27.1 Å². The van der Waals surface area contributed by atoms with Crippen molar-refractivity contribution in [2.24, 2.45) is 0 Å². The van der Waals surface area contributed by atoms with Crippen LogP contribution in [0.5, 0.6) is 0 Å². The van der Waals surface area contributed by atoms with E-state index in [1.54, 1.807) is 67.6 Å². The summed E-state index contributed by atoms with van der Waals surface area (Å²) < 4.78 is 47.1. The maximum Gasteiger partial charge on any atom is 0.416 e. The second kappa shape index (κ2) is 20.6. The summed E-state index contributed by atoms with van der Waals surface area (Å²) in [5, 5.41) is 95.5. The van der Waals surface area contributed by atoms with Crippen molar-refractivity contribution in [3.63, 3.8) is 0 Å². The second-order valence-corrected chi connectivity index (χ2v) is 20.1. The third kappa shape index (κ3) is 8.80. The molecule has 2 heterocycles. The highest BCUT2D eigenvalue weighted by molar-refractivity contribution is 6.14. The molecule has 0 unspecified atom stereocenters. The highest BCUT2D eigenvalue weighted by Crippen LogP contribution is 2.46. The van der Waals surface area contributed by atoms with E-state index >= 15 is 0 Å². The topological polar surface area (TPSA) is 224 Å². The highest BCUT2D eigenvalue weighted by atomic mass is 19.4. The van der Waals surface area contributed by atoms with Gasteiger partial charge in [-0.3, -0.25) is 0 Å². The fourth-order valence-electron chi connectivity index (χ4n) is 11.5. The molecule has 12 aromatic rings. The first-order chi connectivity index (χ1) is 41.2. The summed E-state index contributed by atoms with van der Waals surface area (Å²) >= 11 is 0. The molecule has 14 heteroatoms. The van der Waals surface area contributed by atoms with Crippen molar-refractivity contribution in [2.75, 3.05) is 0 Å². The summed E-state index contributed by atoms with van der Waals surface area (Å²) in [5.74, 6) is 0. The van der Waals surface area contributed by atoms with Crippen LogP contribution in [0.3, 0.4) is 0 Å². The molecule has 0 atom stereocenters. The highest BCUT2D eigenvalue weighted by Gasteiger charge is 2.32. The fraction of sp³-hybridized carbons (Fsp3) is 0.0282. The molecule has 0 saturated carbocycles. The molecule has 0 bridgehead atoms. The van der Waals surface area contributed by atoms with E-state index in [9.17, 15) is 60.5 Å². The number of hydrogen-bond donors (Lipinski definition) is 0.